The summed E-state index contributed by atoms with van der Waals surface area (Å²) in [6.45, 7) is 6.43. The maximum atomic E-state index is 12.5. The van der Waals surface area contributed by atoms with Gasteiger partial charge >= 0.3 is 0 Å². The molecule has 0 amide bonds. The highest BCUT2D eigenvalue weighted by molar-refractivity contribution is 9.10. The van der Waals surface area contributed by atoms with Crippen LogP contribution in [-0.2, 0) is 6.54 Å². The van der Waals surface area contributed by atoms with Crippen LogP contribution in [0.4, 0.5) is 14.6 Å². The molecule has 0 spiro atoms. The molecular weight excluding hydrogens is 316 g/mol. The van der Waals surface area contributed by atoms with Crippen LogP contribution in [0.15, 0.2) is 16.7 Å². The summed E-state index contributed by atoms with van der Waals surface area (Å²) in [5.74, 6) is 0.584. The maximum Gasteiger partial charge on any atom is 0.255 e. The van der Waals surface area contributed by atoms with Crippen LogP contribution in [-0.4, -0.2) is 30.5 Å². The second-order valence-electron chi connectivity index (χ2n) is 5.51. The molecule has 1 heterocycles. The van der Waals surface area contributed by atoms with Gasteiger partial charge in [0.25, 0.3) is 6.43 Å². The number of rotatable bonds is 5. The average Bonchev–Trinajstić information content (AvgIpc) is 2.24. The third kappa shape index (κ3) is 5.82. The lowest BCUT2D eigenvalue weighted by Gasteiger charge is -2.24. The first-order chi connectivity index (χ1) is 8.69. The van der Waals surface area contributed by atoms with Crippen LogP contribution in [0.1, 0.15) is 26.3 Å². The molecule has 0 atom stereocenters. The van der Waals surface area contributed by atoms with Gasteiger partial charge in [-0.1, -0.05) is 0 Å². The first kappa shape index (κ1) is 16.3. The Labute approximate surface area is 121 Å². The van der Waals surface area contributed by atoms with Crippen molar-refractivity contribution in [1.82, 2.24) is 10.3 Å². The number of hydrogen-bond acceptors (Lipinski definition) is 3. The zero-order valence-corrected chi connectivity index (χ0v) is 13.3. The largest absolute Gasteiger partial charge is 0.354 e. The number of nitrogens with zero attached hydrogens (tertiary/aromatic N) is 2. The van der Waals surface area contributed by atoms with Crippen molar-refractivity contribution in [3.8, 4) is 0 Å². The van der Waals surface area contributed by atoms with E-state index >= 15 is 0 Å². The van der Waals surface area contributed by atoms with Crippen LogP contribution in [0.5, 0.6) is 0 Å². The standard InChI is InChI=1S/C13H20BrF2N3/c1-13(2,3)18-6-9-5-10(14)7-17-12(9)19(4)8-11(15)16/h5,7,11,18H,6,8H2,1-4H3. The molecule has 0 bridgehead atoms. The Bertz CT molecular complexity index is 419. The number of halogens is 3. The van der Waals surface area contributed by atoms with E-state index in [0.717, 1.165) is 10.0 Å². The molecule has 0 saturated carbocycles. The van der Waals surface area contributed by atoms with Crippen molar-refractivity contribution in [3.63, 3.8) is 0 Å². The number of nitrogens with one attached hydrogen (secondary N) is 1. The highest BCUT2D eigenvalue weighted by Gasteiger charge is 2.16. The molecule has 19 heavy (non-hydrogen) atoms. The zero-order valence-electron chi connectivity index (χ0n) is 11.7. The van der Waals surface area contributed by atoms with Crippen molar-refractivity contribution in [2.75, 3.05) is 18.5 Å². The predicted octanol–water partition coefficient (Wildman–Crippen LogP) is 3.43. The molecule has 1 rings (SSSR count). The van der Waals surface area contributed by atoms with Crippen LogP contribution >= 0.6 is 15.9 Å². The average molecular weight is 336 g/mol. The quantitative estimate of drug-likeness (QED) is 0.893. The molecule has 0 fully saturated rings. The monoisotopic (exact) mass is 335 g/mol. The van der Waals surface area contributed by atoms with Crippen molar-refractivity contribution in [2.45, 2.75) is 39.3 Å². The number of alkyl halides is 2. The molecule has 0 aliphatic heterocycles. The Kier molecular flexibility index (Phi) is 5.67. The number of anilines is 1. The molecule has 0 aromatic carbocycles. The van der Waals surface area contributed by atoms with E-state index in [1.165, 1.54) is 4.90 Å². The van der Waals surface area contributed by atoms with Crippen molar-refractivity contribution >= 4 is 21.7 Å². The molecule has 0 radical (unpaired) electrons. The smallest absolute Gasteiger partial charge is 0.255 e. The lowest BCUT2D eigenvalue weighted by Crippen LogP contribution is -2.36. The predicted molar refractivity (Wildman–Crippen MR) is 77.8 cm³/mol. The molecule has 108 valence electrons. The minimum Gasteiger partial charge on any atom is -0.354 e. The summed E-state index contributed by atoms with van der Waals surface area (Å²) in [7, 11) is 1.63. The van der Waals surface area contributed by atoms with Gasteiger partial charge in [-0.15, -0.1) is 0 Å². The summed E-state index contributed by atoms with van der Waals surface area (Å²) in [5.41, 5.74) is 0.855. The lowest BCUT2D eigenvalue weighted by atomic mass is 10.1. The Morgan fingerprint density at radius 3 is 2.58 bits per heavy atom. The normalized spacial score (nSPS) is 12.0. The maximum absolute atomic E-state index is 12.5. The highest BCUT2D eigenvalue weighted by atomic mass is 79.9. The Hall–Kier alpha value is -0.750. The molecular formula is C13H20BrF2N3. The van der Waals surface area contributed by atoms with Gasteiger partial charge in [0.1, 0.15) is 5.82 Å². The van der Waals surface area contributed by atoms with Gasteiger partial charge < -0.3 is 10.2 Å². The van der Waals surface area contributed by atoms with Crippen LogP contribution in [0.2, 0.25) is 0 Å². The van der Waals surface area contributed by atoms with E-state index in [-0.39, 0.29) is 12.1 Å². The third-order valence-corrected chi connectivity index (χ3v) is 2.93. The fraction of sp³-hybridized carbons (Fsp3) is 0.615. The first-order valence-electron chi connectivity index (χ1n) is 6.08. The van der Waals surface area contributed by atoms with Crippen LogP contribution in [0.3, 0.4) is 0 Å². The highest BCUT2D eigenvalue weighted by Crippen LogP contribution is 2.22. The van der Waals surface area contributed by atoms with Crippen molar-refractivity contribution in [3.05, 3.63) is 22.3 Å². The van der Waals surface area contributed by atoms with Gasteiger partial charge in [0.2, 0.25) is 0 Å². The van der Waals surface area contributed by atoms with Gasteiger partial charge in [0.15, 0.2) is 0 Å². The van der Waals surface area contributed by atoms with Crippen LogP contribution < -0.4 is 10.2 Å². The summed E-state index contributed by atoms with van der Waals surface area (Å²) in [4.78, 5) is 5.72. The van der Waals surface area contributed by atoms with Crippen molar-refractivity contribution in [1.29, 1.82) is 0 Å². The lowest BCUT2D eigenvalue weighted by molar-refractivity contribution is 0.156. The van der Waals surface area contributed by atoms with E-state index in [0.29, 0.717) is 12.4 Å². The summed E-state index contributed by atoms with van der Waals surface area (Å²) in [6.07, 6.45) is -0.753. The summed E-state index contributed by atoms with van der Waals surface area (Å²) >= 11 is 3.36. The van der Waals surface area contributed by atoms with Gasteiger partial charge in [-0.2, -0.15) is 0 Å². The van der Waals surface area contributed by atoms with E-state index in [4.69, 9.17) is 0 Å². The van der Waals surface area contributed by atoms with Gasteiger partial charge in [-0.05, 0) is 42.8 Å². The molecule has 0 unspecified atom stereocenters. The van der Waals surface area contributed by atoms with E-state index in [1.807, 2.05) is 6.07 Å². The van der Waals surface area contributed by atoms with E-state index in [1.54, 1.807) is 13.2 Å². The summed E-state index contributed by atoms with van der Waals surface area (Å²) in [5, 5.41) is 3.34. The topological polar surface area (TPSA) is 28.2 Å². The molecule has 1 aromatic heterocycles. The number of pyridine rings is 1. The summed E-state index contributed by atoms with van der Waals surface area (Å²) < 4.78 is 25.8. The van der Waals surface area contributed by atoms with Gasteiger partial charge in [-0.25, -0.2) is 13.8 Å². The first-order valence-corrected chi connectivity index (χ1v) is 6.87. The van der Waals surface area contributed by atoms with Crippen LogP contribution in [0.25, 0.3) is 0 Å². The minimum absolute atomic E-state index is 0.0408. The second kappa shape index (κ2) is 6.61. The molecule has 0 aliphatic rings. The van der Waals surface area contributed by atoms with Gasteiger partial charge in [-0.3, -0.25) is 0 Å². The summed E-state index contributed by atoms with van der Waals surface area (Å²) in [6, 6.07) is 1.91. The SMILES string of the molecule is CN(CC(F)F)c1ncc(Br)cc1CNC(C)(C)C. The van der Waals surface area contributed by atoms with Gasteiger partial charge in [0, 0.05) is 35.4 Å². The Balaban J connectivity index is 2.91. The third-order valence-electron chi connectivity index (χ3n) is 2.49. The van der Waals surface area contributed by atoms with E-state index < -0.39 is 6.43 Å². The van der Waals surface area contributed by atoms with Crippen molar-refractivity contribution in [2.24, 2.45) is 0 Å². The Morgan fingerprint density at radius 2 is 2.05 bits per heavy atom. The molecule has 1 N–H and O–H groups in total. The van der Waals surface area contributed by atoms with E-state index in [9.17, 15) is 8.78 Å². The molecule has 0 aliphatic carbocycles. The molecule has 3 nitrogen and oxygen atoms in total. The Morgan fingerprint density at radius 1 is 1.42 bits per heavy atom. The van der Waals surface area contributed by atoms with E-state index in [2.05, 4.69) is 47.0 Å². The molecule has 0 saturated heterocycles. The van der Waals surface area contributed by atoms with Gasteiger partial charge in [0.05, 0.1) is 6.54 Å². The number of hydrogen-bond donors (Lipinski definition) is 1. The number of aromatic nitrogens is 1. The van der Waals surface area contributed by atoms with Crippen molar-refractivity contribution < 1.29 is 8.78 Å². The fourth-order valence-electron chi connectivity index (χ4n) is 1.60. The fourth-order valence-corrected chi connectivity index (χ4v) is 1.98. The molecule has 6 heteroatoms. The molecule has 1 aromatic rings. The second-order valence-corrected chi connectivity index (χ2v) is 6.43. The van der Waals surface area contributed by atoms with Crippen LogP contribution in [0, 0.1) is 0 Å². The minimum atomic E-state index is -2.38. The zero-order chi connectivity index (χ0) is 14.6.